The Morgan fingerprint density at radius 1 is 1.17 bits per heavy atom. The van der Waals surface area contributed by atoms with Crippen molar-refractivity contribution in [2.24, 2.45) is 0 Å². The summed E-state index contributed by atoms with van der Waals surface area (Å²) in [5.41, 5.74) is 2.05. The van der Waals surface area contributed by atoms with Crippen molar-refractivity contribution in [1.29, 1.82) is 5.26 Å². The largest absolute Gasteiger partial charge is 0.436 e. The third-order valence-electron chi connectivity index (χ3n) is 4.15. The Labute approximate surface area is 177 Å². The minimum absolute atomic E-state index is 0.141. The number of rotatable bonds is 3. The molecule has 0 atom stereocenters. The summed E-state index contributed by atoms with van der Waals surface area (Å²) in [6.45, 7) is 0. The van der Waals surface area contributed by atoms with E-state index < -0.39 is 11.7 Å². The van der Waals surface area contributed by atoms with Crippen molar-refractivity contribution >= 4 is 50.2 Å². The fraction of sp³-hybridized carbons (Fsp3) is 0. The highest BCUT2D eigenvalue weighted by molar-refractivity contribution is 9.10. The lowest BCUT2D eigenvalue weighted by Crippen LogP contribution is -2.13. The number of hydrogen-bond acceptors (Lipinski definition) is 4. The van der Waals surface area contributed by atoms with Gasteiger partial charge >= 0.3 is 0 Å². The molecule has 3 aromatic carbocycles. The molecular formula is C21H10BrClFN3O2. The van der Waals surface area contributed by atoms with Crippen LogP contribution in [-0.2, 0) is 0 Å². The maximum Gasteiger partial charge on any atom is 0.258 e. The molecule has 5 nitrogen and oxygen atoms in total. The highest BCUT2D eigenvalue weighted by Gasteiger charge is 2.15. The van der Waals surface area contributed by atoms with Gasteiger partial charge in [0.2, 0.25) is 5.89 Å². The van der Waals surface area contributed by atoms with E-state index in [4.69, 9.17) is 21.3 Å². The molecule has 142 valence electrons. The van der Waals surface area contributed by atoms with Crippen LogP contribution < -0.4 is 5.32 Å². The number of hydrogen-bond donors (Lipinski definition) is 1. The van der Waals surface area contributed by atoms with Gasteiger partial charge in [0.15, 0.2) is 5.58 Å². The molecule has 0 fully saturated rings. The summed E-state index contributed by atoms with van der Waals surface area (Å²) in [5.74, 6) is -1.06. The highest BCUT2D eigenvalue weighted by Crippen LogP contribution is 2.33. The Morgan fingerprint density at radius 2 is 2.00 bits per heavy atom. The molecule has 0 aliphatic heterocycles. The van der Waals surface area contributed by atoms with E-state index in [1.807, 2.05) is 12.1 Å². The van der Waals surface area contributed by atoms with Crippen LogP contribution in [0.4, 0.5) is 10.1 Å². The van der Waals surface area contributed by atoms with Crippen molar-refractivity contribution in [3.63, 3.8) is 0 Å². The molecule has 1 N–H and O–H groups in total. The molecule has 1 aromatic heterocycles. The second-order valence-corrected chi connectivity index (χ2v) is 7.41. The second kappa shape index (κ2) is 7.66. The molecule has 0 aliphatic carbocycles. The van der Waals surface area contributed by atoms with Gasteiger partial charge < -0.3 is 9.73 Å². The molecule has 0 aliphatic rings. The van der Waals surface area contributed by atoms with Crippen LogP contribution in [0.2, 0.25) is 5.02 Å². The monoisotopic (exact) mass is 469 g/mol. The van der Waals surface area contributed by atoms with Gasteiger partial charge in [-0.3, -0.25) is 4.79 Å². The van der Waals surface area contributed by atoms with Crippen molar-refractivity contribution in [1.82, 2.24) is 4.98 Å². The first-order chi connectivity index (χ1) is 13.9. The number of nitrogens with zero attached hydrogens (tertiary/aromatic N) is 2. The summed E-state index contributed by atoms with van der Waals surface area (Å²) in [6.07, 6.45) is 0. The number of halogens is 3. The van der Waals surface area contributed by atoms with E-state index in [9.17, 15) is 9.18 Å². The van der Waals surface area contributed by atoms with Gasteiger partial charge in [-0.25, -0.2) is 9.37 Å². The zero-order chi connectivity index (χ0) is 20.5. The standard InChI is InChI=1S/C21H10BrClFN3O2/c22-12-2-5-16(23)15(8-12)21-27-18-9-13(3-6-19(18)29-21)26-20(28)14-4-1-11(10-25)7-17(14)24/h1-9H,(H,26,28). The molecule has 4 rings (SSSR count). The number of fused-ring (bicyclic) bond motifs is 1. The Balaban J connectivity index is 1.63. The summed E-state index contributed by atoms with van der Waals surface area (Å²) in [6, 6.07) is 15.7. The second-order valence-electron chi connectivity index (χ2n) is 6.09. The number of nitrogens with one attached hydrogen (secondary N) is 1. The molecule has 29 heavy (non-hydrogen) atoms. The number of amides is 1. The average molecular weight is 471 g/mol. The van der Waals surface area contributed by atoms with Gasteiger partial charge in [0.05, 0.1) is 27.8 Å². The minimum Gasteiger partial charge on any atom is -0.436 e. The number of benzene rings is 3. The lowest BCUT2D eigenvalue weighted by molar-refractivity contribution is 0.102. The van der Waals surface area contributed by atoms with E-state index in [0.29, 0.717) is 33.3 Å². The summed E-state index contributed by atoms with van der Waals surface area (Å²) in [5, 5.41) is 11.9. The van der Waals surface area contributed by atoms with Crippen LogP contribution in [0.5, 0.6) is 0 Å². The van der Waals surface area contributed by atoms with Crippen molar-refractivity contribution in [3.8, 4) is 17.5 Å². The normalized spacial score (nSPS) is 10.7. The summed E-state index contributed by atoms with van der Waals surface area (Å²) in [4.78, 5) is 16.8. The van der Waals surface area contributed by atoms with Crippen molar-refractivity contribution in [2.45, 2.75) is 0 Å². The van der Waals surface area contributed by atoms with Gasteiger partial charge in [-0.15, -0.1) is 0 Å². The van der Waals surface area contributed by atoms with E-state index in [-0.39, 0.29) is 11.1 Å². The zero-order valence-corrected chi connectivity index (χ0v) is 16.9. The summed E-state index contributed by atoms with van der Waals surface area (Å²) < 4.78 is 20.6. The number of carbonyl (C=O) groups is 1. The maximum atomic E-state index is 14.0. The first-order valence-corrected chi connectivity index (χ1v) is 9.49. The smallest absolute Gasteiger partial charge is 0.258 e. The topological polar surface area (TPSA) is 78.9 Å². The first kappa shape index (κ1) is 19.1. The number of nitriles is 1. The summed E-state index contributed by atoms with van der Waals surface area (Å²) >= 11 is 9.62. The third kappa shape index (κ3) is 3.86. The van der Waals surface area contributed by atoms with Gasteiger partial charge in [-0.05, 0) is 54.6 Å². The van der Waals surface area contributed by atoms with Gasteiger partial charge in [0.25, 0.3) is 5.91 Å². The van der Waals surface area contributed by atoms with Crippen molar-refractivity contribution in [2.75, 3.05) is 5.32 Å². The first-order valence-electron chi connectivity index (χ1n) is 8.31. The molecule has 8 heteroatoms. The Bertz CT molecular complexity index is 1310. The van der Waals surface area contributed by atoms with Crippen LogP contribution >= 0.6 is 27.5 Å². The molecule has 0 radical (unpaired) electrons. The Kier molecular flexibility index (Phi) is 5.05. The molecule has 0 saturated carbocycles. The molecule has 4 aromatic rings. The third-order valence-corrected chi connectivity index (χ3v) is 4.97. The molecular weight excluding hydrogens is 461 g/mol. The number of anilines is 1. The minimum atomic E-state index is -0.768. The van der Waals surface area contributed by atoms with Crippen molar-refractivity contribution in [3.05, 3.63) is 81.0 Å². The quantitative estimate of drug-likeness (QED) is 0.388. The lowest BCUT2D eigenvalue weighted by Gasteiger charge is -2.06. The molecule has 1 amide bonds. The van der Waals surface area contributed by atoms with Gasteiger partial charge in [0.1, 0.15) is 11.3 Å². The number of aromatic nitrogens is 1. The SMILES string of the molecule is N#Cc1ccc(C(=O)Nc2ccc3oc(-c4cc(Br)ccc4Cl)nc3c2)c(F)c1. The van der Waals surface area contributed by atoms with Gasteiger partial charge in [0, 0.05) is 10.2 Å². The lowest BCUT2D eigenvalue weighted by atomic mass is 10.1. The molecule has 0 unspecified atom stereocenters. The van der Waals surface area contributed by atoms with E-state index in [0.717, 1.165) is 10.5 Å². The van der Waals surface area contributed by atoms with Crippen molar-refractivity contribution < 1.29 is 13.6 Å². The van der Waals surface area contributed by atoms with E-state index >= 15 is 0 Å². The fourth-order valence-electron chi connectivity index (χ4n) is 2.75. The van der Waals surface area contributed by atoms with E-state index in [1.54, 1.807) is 30.3 Å². The van der Waals surface area contributed by atoms with Crippen LogP contribution in [0.1, 0.15) is 15.9 Å². The predicted molar refractivity (Wildman–Crippen MR) is 111 cm³/mol. The van der Waals surface area contributed by atoms with Gasteiger partial charge in [-0.2, -0.15) is 5.26 Å². The molecule has 1 heterocycles. The highest BCUT2D eigenvalue weighted by atomic mass is 79.9. The van der Waals surface area contributed by atoms with Crippen LogP contribution in [0.3, 0.4) is 0 Å². The average Bonchev–Trinajstić information content (AvgIpc) is 3.12. The summed E-state index contributed by atoms with van der Waals surface area (Å²) in [7, 11) is 0. The van der Waals surface area contributed by atoms with Crippen LogP contribution in [0.25, 0.3) is 22.6 Å². The van der Waals surface area contributed by atoms with Crippen LogP contribution in [-0.4, -0.2) is 10.9 Å². The number of carbonyl (C=O) groups excluding carboxylic acids is 1. The Morgan fingerprint density at radius 3 is 2.76 bits per heavy atom. The maximum absolute atomic E-state index is 14.0. The predicted octanol–water partition coefficient (Wildman–Crippen LogP) is 6.17. The zero-order valence-electron chi connectivity index (χ0n) is 14.5. The van der Waals surface area contributed by atoms with E-state index in [1.165, 1.54) is 12.1 Å². The molecule has 0 saturated heterocycles. The van der Waals surface area contributed by atoms with E-state index in [2.05, 4.69) is 26.2 Å². The Hall–Kier alpha value is -3.21. The fourth-order valence-corrected chi connectivity index (χ4v) is 3.31. The van der Waals surface area contributed by atoms with Gasteiger partial charge in [-0.1, -0.05) is 27.5 Å². The number of oxazole rings is 1. The van der Waals surface area contributed by atoms with Crippen LogP contribution in [0, 0.1) is 17.1 Å². The molecule has 0 bridgehead atoms. The molecule has 0 spiro atoms. The van der Waals surface area contributed by atoms with Crippen LogP contribution in [0.15, 0.2) is 63.5 Å².